The number of hydrogen-bond acceptors (Lipinski definition) is 4. The number of piperidine rings is 1. The van der Waals surface area contributed by atoms with Crippen LogP contribution in [0.1, 0.15) is 30.1 Å². The molecule has 1 aromatic heterocycles. The highest BCUT2D eigenvalue weighted by Gasteiger charge is 2.30. The second-order valence-electron chi connectivity index (χ2n) is 4.75. The highest BCUT2D eigenvalue weighted by Crippen LogP contribution is 2.23. The van der Waals surface area contributed by atoms with Crippen molar-refractivity contribution in [2.24, 2.45) is 0 Å². The summed E-state index contributed by atoms with van der Waals surface area (Å²) in [5.41, 5.74) is 5.96. The number of carbonyl (C=O) groups is 1. The number of rotatable bonds is 1. The third-order valence-corrected chi connectivity index (χ3v) is 3.21. The number of nitrogens with two attached hydrogens (primary N) is 1. The summed E-state index contributed by atoms with van der Waals surface area (Å²) < 4.78 is 0. The molecule has 92 valence electrons. The van der Waals surface area contributed by atoms with Crippen LogP contribution >= 0.6 is 0 Å². The van der Waals surface area contributed by atoms with E-state index in [9.17, 15) is 9.90 Å². The van der Waals surface area contributed by atoms with Crippen LogP contribution in [0.2, 0.25) is 0 Å². The Labute approximate surface area is 100 Å². The molecule has 3 N–H and O–H groups in total. The number of carbonyl (C=O) groups excluding carboxylic acids is 1. The Bertz CT molecular complexity index is 422. The van der Waals surface area contributed by atoms with E-state index >= 15 is 0 Å². The summed E-state index contributed by atoms with van der Waals surface area (Å²) in [6.45, 7) is 2.93. The molecule has 5 nitrogen and oxygen atoms in total. The molecule has 1 saturated heterocycles. The normalized spacial score (nSPS) is 19.1. The van der Waals surface area contributed by atoms with E-state index in [-0.39, 0.29) is 5.91 Å². The summed E-state index contributed by atoms with van der Waals surface area (Å²) in [7, 11) is 0. The third kappa shape index (κ3) is 2.55. The van der Waals surface area contributed by atoms with Crippen LogP contribution in [-0.2, 0) is 0 Å². The fraction of sp³-hybridized carbons (Fsp3) is 0.500. The van der Waals surface area contributed by atoms with Crippen LogP contribution in [0.4, 0.5) is 5.69 Å². The van der Waals surface area contributed by atoms with E-state index in [1.54, 1.807) is 24.1 Å². The lowest BCUT2D eigenvalue weighted by atomic mass is 9.93. The van der Waals surface area contributed by atoms with E-state index in [0.29, 0.717) is 37.2 Å². The topological polar surface area (TPSA) is 79.5 Å². The molecule has 1 aliphatic rings. The molecule has 0 saturated carbocycles. The van der Waals surface area contributed by atoms with Gasteiger partial charge in [-0.2, -0.15) is 0 Å². The zero-order chi connectivity index (χ0) is 12.5. The summed E-state index contributed by atoms with van der Waals surface area (Å²) >= 11 is 0. The predicted molar refractivity (Wildman–Crippen MR) is 64.4 cm³/mol. The van der Waals surface area contributed by atoms with Crippen molar-refractivity contribution in [2.45, 2.75) is 25.4 Å². The van der Waals surface area contributed by atoms with E-state index < -0.39 is 5.60 Å². The van der Waals surface area contributed by atoms with Gasteiger partial charge in [0, 0.05) is 19.3 Å². The molecule has 2 rings (SSSR count). The third-order valence-electron chi connectivity index (χ3n) is 3.21. The van der Waals surface area contributed by atoms with Gasteiger partial charge in [0.05, 0.1) is 23.0 Å². The summed E-state index contributed by atoms with van der Waals surface area (Å²) in [6, 6.07) is 1.63. The lowest BCUT2D eigenvalue weighted by Gasteiger charge is -2.35. The minimum Gasteiger partial charge on any atom is -0.397 e. The van der Waals surface area contributed by atoms with Gasteiger partial charge in [-0.1, -0.05) is 0 Å². The first-order valence-electron chi connectivity index (χ1n) is 5.71. The smallest absolute Gasteiger partial charge is 0.256 e. The SMILES string of the molecule is CC1(O)CCN(C(=O)c2ccncc2N)CC1. The van der Waals surface area contributed by atoms with E-state index in [1.807, 2.05) is 0 Å². The van der Waals surface area contributed by atoms with E-state index in [2.05, 4.69) is 4.98 Å². The maximum Gasteiger partial charge on any atom is 0.256 e. The van der Waals surface area contributed by atoms with Crippen molar-refractivity contribution in [3.8, 4) is 0 Å². The van der Waals surface area contributed by atoms with Gasteiger partial charge in [0.2, 0.25) is 0 Å². The highest BCUT2D eigenvalue weighted by molar-refractivity contribution is 5.98. The lowest BCUT2D eigenvalue weighted by molar-refractivity contribution is -0.00199. The Kier molecular flexibility index (Phi) is 3.02. The number of nitrogen functional groups attached to an aromatic ring is 1. The predicted octanol–water partition coefficient (Wildman–Crippen LogP) is 0.651. The fourth-order valence-corrected chi connectivity index (χ4v) is 1.96. The van der Waals surface area contributed by atoms with Crippen LogP contribution in [-0.4, -0.2) is 39.6 Å². The molecule has 17 heavy (non-hydrogen) atoms. The summed E-state index contributed by atoms with van der Waals surface area (Å²) in [5.74, 6) is -0.0830. The summed E-state index contributed by atoms with van der Waals surface area (Å²) in [6.07, 6.45) is 4.24. The van der Waals surface area contributed by atoms with Gasteiger partial charge >= 0.3 is 0 Å². The molecule has 0 bridgehead atoms. The van der Waals surface area contributed by atoms with Gasteiger partial charge in [0.15, 0.2) is 0 Å². The number of aromatic nitrogens is 1. The standard InChI is InChI=1S/C12H17N3O2/c1-12(17)3-6-15(7-4-12)11(16)9-2-5-14-8-10(9)13/h2,5,8,17H,3-4,6-7,13H2,1H3. The molecule has 0 aliphatic carbocycles. The molecule has 0 radical (unpaired) electrons. The van der Waals surface area contributed by atoms with Crippen molar-refractivity contribution in [3.63, 3.8) is 0 Å². The first kappa shape index (κ1) is 11.9. The van der Waals surface area contributed by atoms with Crippen LogP contribution < -0.4 is 5.73 Å². The second kappa shape index (κ2) is 4.33. The van der Waals surface area contributed by atoms with Crippen LogP contribution in [0, 0.1) is 0 Å². The Morgan fingerprint density at radius 2 is 2.18 bits per heavy atom. The average molecular weight is 235 g/mol. The van der Waals surface area contributed by atoms with Crippen molar-refractivity contribution in [3.05, 3.63) is 24.0 Å². The van der Waals surface area contributed by atoms with Crippen LogP contribution in [0.15, 0.2) is 18.5 Å². The fourth-order valence-electron chi connectivity index (χ4n) is 1.96. The molecule has 2 heterocycles. The lowest BCUT2D eigenvalue weighted by Crippen LogP contribution is -2.45. The van der Waals surface area contributed by atoms with E-state index in [1.165, 1.54) is 6.20 Å². The quantitative estimate of drug-likeness (QED) is 0.749. The Balaban J connectivity index is 2.10. The number of aliphatic hydroxyl groups is 1. The molecule has 0 atom stereocenters. The molecule has 1 fully saturated rings. The molecule has 1 amide bonds. The number of pyridine rings is 1. The second-order valence-corrected chi connectivity index (χ2v) is 4.75. The zero-order valence-corrected chi connectivity index (χ0v) is 9.89. The maximum absolute atomic E-state index is 12.2. The molecular formula is C12H17N3O2. The van der Waals surface area contributed by atoms with Crippen molar-refractivity contribution in [1.82, 2.24) is 9.88 Å². The number of nitrogens with zero attached hydrogens (tertiary/aromatic N) is 2. The molecular weight excluding hydrogens is 218 g/mol. The molecule has 0 spiro atoms. The monoisotopic (exact) mass is 235 g/mol. The summed E-state index contributed by atoms with van der Waals surface area (Å²) in [5, 5.41) is 9.83. The summed E-state index contributed by atoms with van der Waals surface area (Å²) in [4.78, 5) is 17.8. The first-order valence-corrected chi connectivity index (χ1v) is 5.71. The highest BCUT2D eigenvalue weighted by atomic mass is 16.3. The van der Waals surface area contributed by atoms with Crippen molar-refractivity contribution in [2.75, 3.05) is 18.8 Å². The molecule has 1 aromatic rings. The van der Waals surface area contributed by atoms with Gasteiger partial charge in [-0.25, -0.2) is 0 Å². The number of amides is 1. The minimum absolute atomic E-state index is 0.0830. The van der Waals surface area contributed by atoms with Crippen LogP contribution in [0.3, 0.4) is 0 Å². The van der Waals surface area contributed by atoms with E-state index in [0.717, 1.165) is 0 Å². The number of likely N-dealkylation sites (tertiary alicyclic amines) is 1. The first-order chi connectivity index (χ1) is 7.99. The van der Waals surface area contributed by atoms with Crippen LogP contribution in [0.5, 0.6) is 0 Å². The molecule has 5 heteroatoms. The van der Waals surface area contributed by atoms with Gasteiger partial charge in [0.1, 0.15) is 0 Å². The minimum atomic E-state index is -0.652. The van der Waals surface area contributed by atoms with Crippen molar-refractivity contribution >= 4 is 11.6 Å². The Morgan fingerprint density at radius 3 is 2.76 bits per heavy atom. The number of hydrogen-bond donors (Lipinski definition) is 2. The van der Waals surface area contributed by atoms with Gasteiger partial charge in [0.25, 0.3) is 5.91 Å². The Hall–Kier alpha value is -1.62. The van der Waals surface area contributed by atoms with Crippen molar-refractivity contribution < 1.29 is 9.90 Å². The molecule has 0 unspecified atom stereocenters. The van der Waals surface area contributed by atoms with Gasteiger partial charge < -0.3 is 15.7 Å². The van der Waals surface area contributed by atoms with Crippen molar-refractivity contribution in [1.29, 1.82) is 0 Å². The molecule has 1 aliphatic heterocycles. The number of anilines is 1. The van der Waals surface area contributed by atoms with Gasteiger partial charge in [-0.3, -0.25) is 9.78 Å². The zero-order valence-electron chi connectivity index (χ0n) is 9.89. The largest absolute Gasteiger partial charge is 0.397 e. The van der Waals surface area contributed by atoms with Gasteiger partial charge in [-0.15, -0.1) is 0 Å². The molecule has 0 aromatic carbocycles. The maximum atomic E-state index is 12.2. The van der Waals surface area contributed by atoms with Gasteiger partial charge in [-0.05, 0) is 25.8 Å². The Morgan fingerprint density at radius 1 is 1.53 bits per heavy atom. The van der Waals surface area contributed by atoms with Crippen LogP contribution in [0.25, 0.3) is 0 Å². The average Bonchev–Trinajstić information content (AvgIpc) is 2.29. The van der Waals surface area contributed by atoms with E-state index in [4.69, 9.17) is 5.73 Å².